The van der Waals surface area contributed by atoms with Gasteiger partial charge in [-0.3, -0.25) is 9.35 Å². The van der Waals surface area contributed by atoms with Gasteiger partial charge in [0.1, 0.15) is 22.0 Å². The zero-order valence-corrected chi connectivity index (χ0v) is 22.4. The number of amides is 1. The van der Waals surface area contributed by atoms with E-state index in [-0.39, 0.29) is 32.7 Å². The van der Waals surface area contributed by atoms with Crippen molar-refractivity contribution < 1.29 is 27.6 Å². The normalized spacial score (nSPS) is 11.7. The number of carbonyl (C=O) groups is 1. The maximum Gasteiger partial charge on any atom is 0.296 e. The summed E-state index contributed by atoms with van der Waals surface area (Å²) in [5.41, 5.74) is 0.761. The topological polar surface area (TPSA) is 138 Å². The fourth-order valence-corrected chi connectivity index (χ4v) is 5.09. The Balaban J connectivity index is 1.85. The summed E-state index contributed by atoms with van der Waals surface area (Å²) < 4.78 is 38.3. The quantitative estimate of drug-likeness (QED) is 0.156. The summed E-state index contributed by atoms with van der Waals surface area (Å²) in [4.78, 5) is 12.7. The molecule has 4 aromatic carbocycles. The molecule has 0 aromatic heterocycles. The van der Waals surface area contributed by atoms with Crippen molar-refractivity contribution in [1.82, 2.24) is 0 Å². The molecule has 1 amide bonds. The maximum absolute atomic E-state index is 13.3. The molecule has 12 heteroatoms. The Hall–Kier alpha value is -3.70. The largest absolute Gasteiger partial charge is 0.505 e. The molecule has 0 saturated heterocycles. The van der Waals surface area contributed by atoms with Gasteiger partial charge >= 0.3 is 0 Å². The van der Waals surface area contributed by atoms with Crippen LogP contribution in [-0.2, 0) is 16.5 Å². The molecule has 0 bridgehead atoms. The van der Waals surface area contributed by atoms with Crippen molar-refractivity contribution in [1.29, 1.82) is 0 Å². The summed E-state index contributed by atoms with van der Waals surface area (Å²) in [6.45, 7) is 1.80. The Morgan fingerprint density at radius 2 is 1.76 bits per heavy atom. The smallest absolute Gasteiger partial charge is 0.296 e. The molecular formula is C26H21Cl2N3O6S. The Morgan fingerprint density at radius 3 is 2.45 bits per heavy atom. The number of nitrogens with one attached hydrogen (secondary N) is 1. The van der Waals surface area contributed by atoms with Crippen LogP contribution < -0.4 is 10.1 Å². The number of benzene rings is 4. The van der Waals surface area contributed by atoms with Crippen LogP contribution in [0.3, 0.4) is 0 Å². The zero-order valence-electron chi connectivity index (χ0n) is 20.1. The SMILES string of the molecule is CCc1cc(Cl)c(S(=O)(=O)O)cc1N=Nc1c(O)c(C(=O)Nc2c(Cl)cccc2OC)cc2ccccc12. The fraction of sp³-hybridized carbons (Fsp3) is 0.115. The average molecular weight is 574 g/mol. The molecule has 0 atom stereocenters. The number of rotatable bonds is 7. The van der Waals surface area contributed by atoms with E-state index in [4.69, 9.17) is 27.9 Å². The van der Waals surface area contributed by atoms with E-state index in [9.17, 15) is 22.9 Å². The zero-order chi connectivity index (χ0) is 27.6. The second-order valence-corrected chi connectivity index (χ2v) is 10.3. The van der Waals surface area contributed by atoms with Crippen LogP contribution in [0.5, 0.6) is 11.5 Å². The number of aryl methyl sites for hydroxylation is 1. The van der Waals surface area contributed by atoms with Gasteiger partial charge in [-0.15, -0.1) is 5.11 Å². The molecule has 0 fully saturated rings. The van der Waals surface area contributed by atoms with E-state index in [0.29, 0.717) is 28.5 Å². The molecule has 0 spiro atoms. The van der Waals surface area contributed by atoms with E-state index >= 15 is 0 Å². The van der Waals surface area contributed by atoms with Crippen molar-refractivity contribution in [2.45, 2.75) is 18.2 Å². The van der Waals surface area contributed by atoms with E-state index in [1.54, 1.807) is 49.4 Å². The number of carbonyl (C=O) groups excluding carboxylic acids is 1. The van der Waals surface area contributed by atoms with Crippen LogP contribution in [0.25, 0.3) is 10.8 Å². The fourth-order valence-electron chi connectivity index (χ4n) is 3.83. The third-order valence-corrected chi connectivity index (χ3v) is 7.36. The predicted molar refractivity (Wildman–Crippen MR) is 146 cm³/mol. The molecule has 0 aliphatic carbocycles. The maximum atomic E-state index is 13.3. The number of aromatic hydroxyl groups is 1. The molecule has 196 valence electrons. The summed E-state index contributed by atoms with van der Waals surface area (Å²) in [5, 5.41) is 23.3. The van der Waals surface area contributed by atoms with E-state index < -0.39 is 26.7 Å². The molecule has 0 aliphatic heterocycles. The van der Waals surface area contributed by atoms with Gasteiger partial charge in [-0.2, -0.15) is 13.5 Å². The molecule has 3 N–H and O–H groups in total. The van der Waals surface area contributed by atoms with Crippen molar-refractivity contribution in [2.75, 3.05) is 12.4 Å². The van der Waals surface area contributed by atoms with E-state index in [1.165, 1.54) is 19.2 Å². The minimum atomic E-state index is -4.62. The van der Waals surface area contributed by atoms with Gasteiger partial charge in [0, 0.05) is 5.39 Å². The number of azo groups is 1. The van der Waals surface area contributed by atoms with Gasteiger partial charge in [0.15, 0.2) is 5.75 Å². The van der Waals surface area contributed by atoms with Crippen LogP contribution in [0.1, 0.15) is 22.8 Å². The number of ether oxygens (including phenoxy) is 1. The number of hydrogen-bond donors (Lipinski definition) is 3. The molecule has 4 rings (SSSR count). The number of phenolic OH excluding ortho intramolecular Hbond substituents is 1. The van der Waals surface area contributed by atoms with Crippen LogP contribution in [-0.4, -0.2) is 31.1 Å². The highest BCUT2D eigenvalue weighted by Crippen LogP contribution is 2.41. The number of nitrogens with zero attached hydrogens (tertiary/aromatic N) is 2. The summed E-state index contributed by atoms with van der Waals surface area (Å²) in [6.07, 6.45) is 0.425. The summed E-state index contributed by atoms with van der Waals surface area (Å²) in [7, 11) is -3.19. The van der Waals surface area contributed by atoms with Crippen LogP contribution in [0, 0.1) is 0 Å². The average Bonchev–Trinajstić information content (AvgIpc) is 2.88. The van der Waals surface area contributed by atoms with Gasteiger partial charge in [0.05, 0.1) is 28.4 Å². The Labute approximate surface area is 228 Å². The van der Waals surface area contributed by atoms with E-state index in [1.807, 2.05) is 0 Å². The van der Waals surface area contributed by atoms with Gasteiger partial charge in [0.2, 0.25) is 0 Å². The first-order chi connectivity index (χ1) is 18.0. The molecule has 0 radical (unpaired) electrons. The third kappa shape index (κ3) is 5.44. The highest BCUT2D eigenvalue weighted by Gasteiger charge is 2.22. The second kappa shape index (κ2) is 11.0. The Morgan fingerprint density at radius 1 is 1.03 bits per heavy atom. The lowest BCUT2D eigenvalue weighted by atomic mass is 10.0. The van der Waals surface area contributed by atoms with Crippen LogP contribution in [0.15, 0.2) is 75.8 Å². The summed E-state index contributed by atoms with van der Waals surface area (Å²) in [6, 6.07) is 15.7. The van der Waals surface area contributed by atoms with Crippen LogP contribution in [0.4, 0.5) is 17.1 Å². The number of halogens is 2. The number of fused-ring (bicyclic) bond motifs is 1. The molecule has 0 saturated carbocycles. The molecule has 0 heterocycles. The van der Waals surface area contributed by atoms with Crippen molar-refractivity contribution in [3.63, 3.8) is 0 Å². The van der Waals surface area contributed by atoms with Crippen LogP contribution in [0.2, 0.25) is 10.0 Å². The molecule has 0 unspecified atom stereocenters. The Kier molecular flexibility index (Phi) is 7.89. The minimum Gasteiger partial charge on any atom is -0.505 e. The van der Waals surface area contributed by atoms with Gasteiger partial charge in [-0.25, -0.2) is 0 Å². The van der Waals surface area contributed by atoms with Gasteiger partial charge in [-0.1, -0.05) is 60.5 Å². The molecule has 38 heavy (non-hydrogen) atoms. The number of methoxy groups -OCH3 is 1. The second-order valence-electron chi connectivity index (χ2n) is 8.05. The van der Waals surface area contributed by atoms with Gasteiger partial charge < -0.3 is 15.2 Å². The van der Waals surface area contributed by atoms with Crippen molar-refractivity contribution in [3.8, 4) is 11.5 Å². The highest BCUT2D eigenvalue weighted by molar-refractivity contribution is 7.86. The van der Waals surface area contributed by atoms with Crippen molar-refractivity contribution in [2.24, 2.45) is 10.2 Å². The lowest BCUT2D eigenvalue weighted by molar-refractivity contribution is 0.102. The van der Waals surface area contributed by atoms with Crippen LogP contribution >= 0.6 is 23.2 Å². The van der Waals surface area contributed by atoms with Crippen molar-refractivity contribution in [3.05, 3.63) is 81.8 Å². The standard InChI is InChI=1S/C26H21Cl2N3O6S/c1-3-14-12-19(28)22(38(34,35)36)13-20(14)30-31-23-16-8-5-4-7-15(16)11-17(25(23)32)26(33)29-24-18(27)9-6-10-21(24)37-2/h4-13,32H,3H2,1-2H3,(H,29,33)(H,34,35,36). The first-order valence-corrected chi connectivity index (χ1v) is 13.3. The van der Waals surface area contributed by atoms with E-state index in [2.05, 4.69) is 15.5 Å². The Bertz CT molecular complexity index is 1710. The number of para-hydroxylation sites is 1. The lowest BCUT2D eigenvalue weighted by Gasteiger charge is -2.14. The number of hydrogen-bond acceptors (Lipinski definition) is 7. The third-order valence-electron chi connectivity index (χ3n) is 5.72. The summed E-state index contributed by atoms with van der Waals surface area (Å²) in [5.74, 6) is -0.806. The van der Waals surface area contributed by atoms with E-state index in [0.717, 1.165) is 6.07 Å². The molecular weight excluding hydrogens is 553 g/mol. The van der Waals surface area contributed by atoms with Gasteiger partial charge in [0.25, 0.3) is 16.0 Å². The molecule has 4 aromatic rings. The minimum absolute atomic E-state index is 0.0233. The first kappa shape index (κ1) is 27.3. The summed E-state index contributed by atoms with van der Waals surface area (Å²) >= 11 is 12.3. The molecule has 9 nitrogen and oxygen atoms in total. The van der Waals surface area contributed by atoms with Gasteiger partial charge in [-0.05, 0) is 47.7 Å². The predicted octanol–water partition coefficient (Wildman–Crippen LogP) is 7.34. The monoisotopic (exact) mass is 573 g/mol. The first-order valence-electron chi connectivity index (χ1n) is 11.1. The molecule has 0 aliphatic rings. The van der Waals surface area contributed by atoms with Crippen molar-refractivity contribution >= 4 is 67.1 Å². The highest BCUT2D eigenvalue weighted by atomic mass is 35.5. The lowest BCUT2D eigenvalue weighted by Crippen LogP contribution is -2.13. The number of anilines is 1. The number of phenols is 1.